The average molecular weight is 460 g/mol. The number of H-pyrrole nitrogens is 1. The molecule has 0 saturated heterocycles. The Morgan fingerprint density at radius 2 is 2.00 bits per heavy atom. The van der Waals surface area contributed by atoms with Gasteiger partial charge >= 0.3 is 0 Å². The van der Waals surface area contributed by atoms with Crippen molar-refractivity contribution < 1.29 is 9.53 Å². The van der Waals surface area contributed by atoms with Gasteiger partial charge in [-0.1, -0.05) is 52.0 Å². The number of ether oxygens (including phenoxy) is 1. The highest BCUT2D eigenvalue weighted by Crippen LogP contribution is 2.22. The Morgan fingerprint density at radius 3 is 2.75 bits per heavy atom. The minimum Gasteiger partial charge on any atom is -0.487 e. The van der Waals surface area contributed by atoms with E-state index in [-0.39, 0.29) is 18.1 Å². The summed E-state index contributed by atoms with van der Waals surface area (Å²) in [6.07, 6.45) is 0. The average Bonchev–Trinajstić information content (AvgIpc) is 2.67. The zero-order valence-corrected chi connectivity index (χ0v) is 17.4. The number of hydrogen-bond donors (Lipinski definition) is 2. The van der Waals surface area contributed by atoms with Crippen LogP contribution in [0.25, 0.3) is 0 Å². The molecule has 0 saturated carbocycles. The first-order valence-corrected chi connectivity index (χ1v) is 10.2. The third-order valence-electron chi connectivity index (χ3n) is 3.65. The maximum Gasteiger partial charge on any atom is 0.251 e. The Hall–Kier alpha value is -2.58. The fourth-order valence-corrected chi connectivity index (χ4v) is 3.55. The van der Waals surface area contributed by atoms with Gasteiger partial charge in [-0.15, -0.1) is 0 Å². The van der Waals surface area contributed by atoms with Gasteiger partial charge in [0.1, 0.15) is 12.4 Å². The minimum atomic E-state index is -0.451. The molecule has 3 aromatic rings. The number of carbonyl (C=O) groups is 1. The molecule has 1 aromatic heterocycles. The topological polar surface area (TPSA) is 84.1 Å². The molecule has 144 valence electrons. The van der Waals surface area contributed by atoms with E-state index < -0.39 is 5.25 Å². The molecule has 3 rings (SSSR count). The highest BCUT2D eigenvalue weighted by molar-refractivity contribution is 9.10. The summed E-state index contributed by atoms with van der Waals surface area (Å²) < 4.78 is 6.51. The Balaban J connectivity index is 1.63. The fraction of sp³-hybridized carbons (Fsp3) is 0.150. The Kier molecular flexibility index (Phi) is 6.89. The molecule has 28 heavy (non-hydrogen) atoms. The predicted molar refractivity (Wildman–Crippen MR) is 114 cm³/mol. The van der Waals surface area contributed by atoms with Crippen molar-refractivity contribution in [3.63, 3.8) is 0 Å². The van der Waals surface area contributed by atoms with E-state index in [1.165, 1.54) is 17.8 Å². The molecule has 0 spiro atoms. The molecular weight excluding hydrogens is 442 g/mol. The summed E-state index contributed by atoms with van der Waals surface area (Å²) in [5, 5.41) is 2.76. The number of para-hydroxylation sites is 1. The van der Waals surface area contributed by atoms with Crippen molar-refractivity contribution in [2.24, 2.45) is 0 Å². The summed E-state index contributed by atoms with van der Waals surface area (Å²) in [5.41, 5.74) is 0.900. The van der Waals surface area contributed by atoms with Crippen LogP contribution in [0, 0.1) is 0 Å². The molecule has 0 aliphatic carbocycles. The molecule has 6 nitrogen and oxygen atoms in total. The van der Waals surface area contributed by atoms with Crippen LogP contribution in [0.2, 0.25) is 0 Å². The number of anilines is 1. The van der Waals surface area contributed by atoms with Gasteiger partial charge in [-0.25, -0.2) is 4.98 Å². The molecule has 8 heteroatoms. The van der Waals surface area contributed by atoms with Gasteiger partial charge in [0, 0.05) is 16.2 Å². The van der Waals surface area contributed by atoms with Crippen molar-refractivity contribution in [1.82, 2.24) is 9.97 Å². The number of amides is 1. The van der Waals surface area contributed by atoms with Crippen LogP contribution < -0.4 is 15.6 Å². The first-order valence-electron chi connectivity index (χ1n) is 8.51. The third-order valence-corrected chi connectivity index (χ3v) is 5.13. The molecule has 0 aliphatic rings. The molecule has 0 fully saturated rings. The Bertz CT molecular complexity index is 1010. The molecule has 1 heterocycles. The second kappa shape index (κ2) is 9.57. The lowest BCUT2D eigenvalue weighted by Gasteiger charge is -2.12. The van der Waals surface area contributed by atoms with E-state index >= 15 is 0 Å². The summed E-state index contributed by atoms with van der Waals surface area (Å²) in [5.74, 6) is 0.511. The van der Waals surface area contributed by atoms with E-state index in [9.17, 15) is 9.59 Å². The standard InChI is InChI=1S/C20H18BrN3O3S/c1-13(19(26)22-15-7-5-6-14(21)10-15)28-20-23-16(11-18(25)24-20)12-27-17-8-3-2-4-9-17/h2-11,13H,12H2,1H3,(H,22,26)(H,23,24,25). The number of halogens is 1. The molecule has 0 bridgehead atoms. The van der Waals surface area contributed by atoms with Gasteiger partial charge in [-0.05, 0) is 37.3 Å². The second-order valence-electron chi connectivity index (χ2n) is 5.90. The van der Waals surface area contributed by atoms with Gasteiger partial charge < -0.3 is 15.0 Å². The number of hydrogen-bond acceptors (Lipinski definition) is 5. The maximum absolute atomic E-state index is 12.4. The number of benzene rings is 2. The molecule has 2 N–H and O–H groups in total. The van der Waals surface area contributed by atoms with Crippen LogP contribution in [-0.2, 0) is 11.4 Å². The van der Waals surface area contributed by atoms with Crippen molar-refractivity contribution in [3.05, 3.63) is 81.2 Å². The van der Waals surface area contributed by atoms with Crippen molar-refractivity contribution in [3.8, 4) is 5.75 Å². The van der Waals surface area contributed by atoms with E-state index in [2.05, 4.69) is 31.2 Å². The van der Waals surface area contributed by atoms with E-state index in [1.54, 1.807) is 6.92 Å². The monoisotopic (exact) mass is 459 g/mol. The maximum atomic E-state index is 12.4. The summed E-state index contributed by atoms with van der Waals surface area (Å²) >= 11 is 4.55. The summed E-state index contributed by atoms with van der Waals surface area (Å²) in [6, 6.07) is 18.0. The lowest BCUT2D eigenvalue weighted by molar-refractivity contribution is -0.115. The van der Waals surface area contributed by atoms with Crippen molar-refractivity contribution in [2.75, 3.05) is 5.32 Å². The van der Waals surface area contributed by atoms with Crippen LogP contribution in [0.4, 0.5) is 5.69 Å². The number of aromatic nitrogens is 2. The van der Waals surface area contributed by atoms with Crippen LogP contribution in [0.5, 0.6) is 5.75 Å². The Labute approximate surface area is 174 Å². The van der Waals surface area contributed by atoms with Crippen LogP contribution in [0.3, 0.4) is 0 Å². The number of thioether (sulfide) groups is 1. The van der Waals surface area contributed by atoms with Crippen molar-refractivity contribution in [1.29, 1.82) is 0 Å². The van der Waals surface area contributed by atoms with Gasteiger partial charge in [0.15, 0.2) is 5.16 Å². The molecule has 1 amide bonds. The summed E-state index contributed by atoms with van der Waals surface area (Å²) in [6.45, 7) is 1.92. The quantitative estimate of drug-likeness (QED) is 0.407. The number of carbonyl (C=O) groups excluding carboxylic acids is 1. The van der Waals surface area contributed by atoms with Gasteiger partial charge in [0.2, 0.25) is 5.91 Å². The van der Waals surface area contributed by atoms with Crippen molar-refractivity contribution in [2.45, 2.75) is 23.9 Å². The lowest BCUT2D eigenvalue weighted by atomic mass is 10.3. The van der Waals surface area contributed by atoms with Gasteiger partial charge in [-0.3, -0.25) is 9.59 Å². The fourth-order valence-electron chi connectivity index (χ4n) is 2.32. The van der Waals surface area contributed by atoms with E-state index in [4.69, 9.17) is 4.74 Å². The van der Waals surface area contributed by atoms with E-state index in [0.717, 1.165) is 4.47 Å². The molecular formula is C20H18BrN3O3S. The number of nitrogens with one attached hydrogen (secondary N) is 2. The third kappa shape index (κ3) is 5.97. The van der Waals surface area contributed by atoms with Crippen molar-refractivity contribution >= 4 is 39.3 Å². The second-order valence-corrected chi connectivity index (χ2v) is 8.15. The van der Waals surface area contributed by atoms with Gasteiger partial charge in [0.25, 0.3) is 5.56 Å². The predicted octanol–water partition coefficient (Wildman–Crippen LogP) is 4.23. The summed E-state index contributed by atoms with van der Waals surface area (Å²) in [4.78, 5) is 31.4. The minimum absolute atomic E-state index is 0.167. The smallest absolute Gasteiger partial charge is 0.251 e. The van der Waals surface area contributed by atoms with Gasteiger partial charge in [0.05, 0.1) is 10.9 Å². The molecule has 0 radical (unpaired) electrons. The normalized spacial score (nSPS) is 11.6. The van der Waals surface area contributed by atoms with Crippen LogP contribution >= 0.6 is 27.7 Å². The molecule has 0 aliphatic heterocycles. The first kappa shape index (κ1) is 20.2. The van der Waals surface area contributed by atoms with E-state index in [0.29, 0.717) is 22.3 Å². The Morgan fingerprint density at radius 1 is 1.21 bits per heavy atom. The molecule has 1 unspecified atom stereocenters. The lowest BCUT2D eigenvalue weighted by Crippen LogP contribution is -2.23. The van der Waals surface area contributed by atoms with E-state index in [1.807, 2.05) is 54.6 Å². The van der Waals surface area contributed by atoms with Gasteiger partial charge in [-0.2, -0.15) is 0 Å². The highest BCUT2D eigenvalue weighted by atomic mass is 79.9. The SMILES string of the molecule is CC(Sc1nc(COc2ccccc2)cc(=O)[nH]1)C(=O)Nc1cccc(Br)c1. The van der Waals surface area contributed by atoms with Crippen LogP contribution in [0.1, 0.15) is 12.6 Å². The number of nitrogens with zero attached hydrogens (tertiary/aromatic N) is 1. The molecule has 2 aromatic carbocycles. The van der Waals surface area contributed by atoms with Crippen LogP contribution in [0.15, 0.2) is 75.1 Å². The zero-order valence-electron chi connectivity index (χ0n) is 15.0. The zero-order chi connectivity index (χ0) is 19.9. The first-order chi connectivity index (χ1) is 13.5. The summed E-state index contributed by atoms with van der Waals surface area (Å²) in [7, 11) is 0. The number of rotatable bonds is 7. The molecule has 1 atom stereocenters. The number of aromatic amines is 1. The van der Waals surface area contributed by atoms with Crippen LogP contribution in [-0.4, -0.2) is 21.1 Å². The highest BCUT2D eigenvalue weighted by Gasteiger charge is 2.16. The largest absolute Gasteiger partial charge is 0.487 e.